The molecule has 1 aromatic carbocycles. The van der Waals surface area contributed by atoms with Crippen LogP contribution < -0.4 is 10.6 Å². The van der Waals surface area contributed by atoms with E-state index in [-0.39, 0.29) is 29.7 Å². The van der Waals surface area contributed by atoms with Gasteiger partial charge in [-0.15, -0.1) is 0 Å². The molecule has 1 fully saturated rings. The van der Waals surface area contributed by atoms with Crippen molar-refractivity contribution in [1.82, 2.24) is 20.6 Å². The van der Waals surface area contributed by atoms with Gasteiger partial charge in [0.15, 0.2) is 0 Å². The lowest BCUT2D eigenvalue weighted by Gasteiger charge is -2.30. The second kappa shape index (κ2) is 8.07. The average Bonchev–Trinajstić information content (AvgIpc) is 2.63. The molecule has 1 saturated carbocycles. The molecule has 130 valence electrons. The molecule has 1 aliphatic rings. The van der Waals surface area contributed by atoms with E-state index in [9.17, 15) is 9.59 Å². The van der Waals surface area contributed by atoms with Crippen molar-refractivity contribution in [2.24, 2.45) is 0 Å². The highest BCUT2D eigenvalue weighted by molar-refractivity contribution is 6.30. The second-order valence-electron chi connectivity index (χ2n) is 6.09. The predicted molar refractivity (Wildman–Crippen MR) is 94.5 cm³/mol. The Labute approximate surface area is 151 Å². The van der Waals surface area contributed by atoms with Gasteiger partial charge in [0.1, 0.15) is 0 Å². The lowest BCUT2D eigenvalue weighted by Crippen LogP contribution is -2.46. The van der Waals surface area contributed by atoms with Gasteiger partial charge < -0.3 is 10.6 Å². The van der Waals surface area contributed by atoms with Gasteiger partial charge in [-0.05, 0) is 49.9 Å². The van der Waals surface area contributed by atoms with Crippen molar-refractivity contribution in [3.05, 3.63) is 59.1 Å². The van der Waals surface area contributed by atoms with Gasteiger partial charge in [-0.1, -0.05) is 17.7 Å². The first-order valence-electron chi connectivity index (χ1n) is 8.26. The van der Waals surface area contributed by atoms with Gasteiger partial charge in [0, 0.05) is 35.1 Å². The lowest BCUT2D eigenvalue weighted by molar-refractivity contribution is 0.0896. The van der Waals surface area contributed by atoms with Crippen molar-refractivity contribution in [3.8, 4) is 0 Å². The molecule has 3 rings (SSSR count). The number of aromatic nitrogens is 2. The minimum atomic E-state index is -0.285. The van der Waals surface area contributed by atoms with Gasteiger partial charge in [-0.25, -0.2) is 9.97 Å². The molecule has 25 heavy (non-hydrogen) atoms. The van der Waals surface area contributed by atoms with Gasteiger partial charge in [-0.3, -0.25) is 9.59 Å². The Morgan fingerprint density at radius 1 is 1.00 bits per heavy atom. The Hall–Kier alpha value is -2.47. The third kappa shape index (κ3) is 4.76. The lowest BCUT2D eigenvalue weighted by atomic mass is 9.90. The number of hydrogen-bond acceptors (Lipinski definition) is 4. The summed E-state index contributed by atoms with van der Waals surface area (Å²) in [4.78, 5) is 32.4. The molecule has 0 aliphatic heterocycles. The second-order valence-corrected chi connectivity index (χ2v) is 6.53. The maximum atomic E-state index is 12.3. The fraction of sp³-hybridized carbons (Fsp3) is 0.333. The van der Waals surface area contributed by atoms with Crippen LogP contribution in [0.1, 0.15) is 46.7 Å². The van der Waals surface area contributed by atoms with Crippen molar-refractivity contribution in [3.63, 3.8) is 0 Å². The molecule has 0 unspecified atom stereocenters. The van der Waals surface area contributed by atoms with Gasteiger partial charge in [0.05, 0.1) is 0 Å². The van der Waals surface area contributed by atoms with E-state index >= 15 is 0 Å². The summed E-state index contributed by atoms with van der Waals surface area (Å²) in [5, 5.41) is 6.51. The normalized spacial score (nSPS) is 19.9. The summed E-state index contributed by atoms with van der Waals surface area (Å²) < 4.78 is 0. The SMILES string of the molecule is O=C(N[C@@H]1CCC[C@@H](NC(=O)c2ncccn2)C1)c1cccc(Cl)c1. The zero-order valence-electron chi connectivity index (χ0n) is 13.6. The molecule has 0 saturated heterocycles. The number of rotatable bonds is 4. The third-order valence-corrected chi connectivity index (χ3v) is 4.44. The monoisotopic (exact) mass is 358 g/mol. The van der Waals surface area contributed by atoms with Crippen molar-refractivity contribution >= 4 is 23.4 Å². The van der Waals surface area contributed by atoms with Crippen LogP contribution in [0.4, 0.5) is 0 Å². The summed E-state index contributed by atoms with van der Waals surface area (Å²) in [6.07, 6.45) is 6.46. The largest absolute Gasteiger partial charge is 0.349 e. The van der Waals surface area contributed by atoms with E-state index in [1.165, 1.54) is 12.4 Å². The molecule has 1 heterocycles. The van der Waals surface area contributed by atoms with Crippen LogP contribution in [0.2, 0.25) is 5.02 Å². The summed E-state index contributed by atoms with van der Waals surface area (Å²) in [5.41, 5.74) is 0.538. The van der Waals surface area contributed by atoms with Crippen LogP contribution >= 0.6 is 11.6 Å². The highest BCUT2D eigenvalue weighted by Crippen LogP contribution is 2.20. The zero-order valence-corrected chi connectivity index (χ0v) is 14.4. The molecule has 0 bridgehead atoms. The molecule has 7 heteroatoms. The van der Waals surface area contributed by atoms with Crippen molar-refractivity contribution < 1.29 is 9.59 Å². The smallest absolute Gasteiger partial charge is 0.289 e. The maximum Gasteiger partial charge on any atom is 0.289 e. The first-order valence-corrected chi connectivity index (χ1v) is 8.64. The van der Waals surface area contributed by atoms with E-state index in [4.69, 9.17) is 11.6 Å². The number of carbonyl (C=O) groups is 2. The van der Waals surface area contributed by atoms with E-state index in [0.717, 1.165) is 19.3 Å². The third-order valence-electron chi connectivity index (χ3n) is 4.20. The van der Waals surface area contributed by atoms with Crippen LogP contribution in [-0.4, -0.2) is 33.9 Å². The number of benzene rings is 1. The number of carbonyl (C=O) groups excluding carboxylic acids is 2. The van der Waals surface area contributed by atoms with Crippen LogP contribution in [0.3, 0.4) is 0 Å². The van der Waals surface area contributed by atoms with Gasteiger partial charge in [0.2, 0.25) is 5.82 Å². The van der Waals surface area contributed by atoms with Crippen molar-refractivity contribution in [1.29, 1.82) is 0 Å². The average molecular weight is 359 g/mol. The van der Waals surface area contributed by atoms with Crippen molar-refractivity contribution in [2.75, 3.05) is 0 Å². The Balaban J connectivity index is 1.56. The first-order chi connectivity index (χ1) is 12.1. The summed E-state index contributed by atoms with van der Waals surface area (Å²) >= 11 is 5.93. The minimum absolute atomic E-state index is 0.00489. The molecule has 1 aromatic heterocycles. The van der Waals surface area contributed by atoms with E-state index in [2.05, 4.69) is 20.6 Å². The summed E-state index contributed by atoms with van der Waals surface area (Å²) in [5.74, 6) is -0.272. The van der Waals surface area contributed by atoms with Gasteiger partial charge in [-0.2, -0.15) is 0 Å². The van der Waals surface area contributed by atoms with Crippen LogP contribution in [-0.2, 0) is 0 Å². The Bertz CT molecular complexity index is 754. The predicted octanol–water partition coefficient (Wildman–Crippen LogP) is 2.60. The Morgan fingerprint density at radius 3 is 2.36 bits per heavy atom. The topological polar surface area (TPSA) is 84.0 Å². The Kier molecular flexibility index (Phi) is 5.60. The fourth-order valence-electron chi connectivity index (χ4n) is 3.02. The van der Waals surface area contributed by atoms with E-state index in [0.29, 0.717) is 17.0 Å². The van der Waals surface area contributed by atoms with Gasteiger partial charge >= 0.3 is 0 Å². The molecule has 2 N–H and O–H groups in total. The molecule has 2 amide bonds. The molecular weight excluding hydrogens is 340 g/mol. The standard InChI is InChI=1S/C18H19ClN4O2/c19-13-5-1-4-12(10-13)17(24)22-14-6-2-7-15(11-14)23-18(25)16-20-8-3-9-21-16/h1,3-5,8-10,14-15H,2,6-7,11H2,(H,22,24)(H,23,25)/t14-,15-/m1/s1. The number of hydrogen-bond donors (Lipinski definition) is 2. The maximum absolute atomic E-state index is 12.3. The first kappa shape index (κ1) is 17.4. The number of amides is 2. The summed E-state index contributed by atoms with van der Waals surface area (Å²) in [6.45, 7) is 0. The number of halogens is 1. The quantitative estimate of drug-likeness (QED) is 0.879. The van der Waals surface area contributed by atoms with Crippen LogP contribution in [0.25, 0.3) is 0 Å². The molecule has 0 radical (unpaired) electrons. The van der Waals surface area contributed by atoms with Crippen LogP contribution in [0.5, 0.6) is 0 Å². The van der Waals surface area contributed by atoms with E-state index in [1.807, 2.05) is 0 Å². The molecule has 2 atom stereocenters. The number of nitrogens with one attached hydrogen (secondary N) is 2. The van der Waals surface area contributed by atoms with Crippen LogP contribution in [0, 0.1) is 0 Å². The Morgan fingerprint density at radius 2 is 1.68 bits per heavy atom. The molecule has 1 aliphatic carbocycles. The molecule has 2 aromatic rings. The van der Waals surface area contributed by atoms with E-state index in [1.54, 1.807) is 30.3 Å². The van der Waals surface area contributed by atoms with Crippen molar-refractivity contribution in [2.45, 2.75) is 37.8 Å². The van der Waals surface area contributed by atoms with Gasteiger partial charge in [0.25, 0.3) is 11.8 Å². The minimum Gasteiger partial charge on any atom is -0.349 e. The molecular formula is C18H19ClN4O2. The zero-order chi connectivity index (χ0) is 17.6. The highest BCUT2D eigenvalue weighted by atomic mass is 35.5. The highest BCUT2D eigenvalue weighted by Gasteiger charge is 2.25. The molecule has 6 nitrogen and oxygen atoms in total. The summed E-state index contributed by atoms with van der Waals surface area (Å²) in [6, 6.07) is 8.54. The summed E-state index contributed by atoms with van der Waals surface area (Å²) in [7, 11) is 0. The number of nitrogens with zero attached hydrogens (tertiary/aromatic N) is 2. The molecule has 0 spiro atoms. The fourth-order valence-corrected chi connectivity index (χ4v) is 3.21. The van der Waals surface area contributed by atoms with E-state index < -0.39 is 0 Å². The van der Waals surface area contributed by atoms with Crippen LogP contribution in [0.15, 0.2) is 42.7 Å².